The van der Waals surface area contributed by atoms with Crippen LogP contribution in [0.4, 0.5) is 0 Å². The van der Waals surface area contributed by atoms with E-state index < -0.39 is 6.10 Å². The summed E-state index contributed by atoms with van der Waals surface area (Å²) in [6, 6.07) is 11.3. The number of hydrogen-bond donors (Lipinski definition) is 2. The number of aliphatic hydroxyl groups is 1. The zero-order valence-corrected chi connectivity index (χ0v) is 15.8. The number of carbonyl (C=O) groups is 1. The Bertz CT molecular complexity index is 1070. The van der Waals surface area contributed by atoms with Crippen molar-refractivity contribution in [2.45, 2.75) is 25.9 Å². The Labute approximate surface area is 162 Å². The molecule has 3 aromatic rings. The lowest BCUT2D eigenvalue weighted by molar-refractivity contribution is 0.0456. The van der Waals surface area contributed by atoms with E-state index in [1.165, 1.54) is 6.20 Å². The van der Waals surface area contributed by atoms with E-state index in [1.54, 1.807) is 23.2 Å². The highest BCUT2D eigenvalue weighted by Crippen LogP contribution is 2.32. The number of fused-ring (bicyclic) bond motifs is 1. The third-order valence-corrected chi connectivity index (χ3v) is 5.66. The standard InChI is InChI=1S/C22H23N3O3/c1-14-4-2-3-5-17(14)20(26)15-7-10-25(11-8-15)22(28)19-12-16-6-9-23-13-18(16)21(27)24-19/h2-6,9,12-13,15,20,26H,7-8,10-11H2,1H3,(H,24,27). The van der Waals surface area contributed by atoms with Gasteiger partial charge in [0.05, 0.1) is 11.5 Å². The van der Waals surface area contributed by atoms with Crippen molar-refractivity contribution in [3.8, 4) is 0 Å². The molecule has 144 valence electrons. The van der Waals surface area contributed by atoms with Crippen molar-refractivity contribution < 1.29 is 9.90 Å². The Kier molecular flexibility index (Phi) is 4.96. The molecule has 1 aromatic carbocycles. The van der Waals surface area contributed by atoms with Gasteiger partial charge in [-0.25, -0.2) is 0 Å². The molecule has 1 aliphatic rings. The van der Waals surface area contributed by atoms with Gasteiger partial charge in [0.25, 0.3) is 11.5 Å². The van der Waals surface area contributed by atoms with Gasteiger partial charge >= 0.3 is 0 Å². The van der Waals surface area contributed by atoms with Crippen LogP contribution in [0.1, 0.15) is 40.6 Å². The molecule has 1 fully saturated rings. The van der Waals surface area contributed by atoms with Crippen molar-refractivity contribution in [2.75, 3.05) is 13.1 Å². The van der Waals surface area contributed by atoms with Crippen LogP contribution in [0.3, 0.4) is 0 Å². The molecule has 0 spiro atoms. The number of amides is 1. The summed E-state index contributed by atoms with van der Waals surface area (Å²) in [6.45, 7) is 3.12. The summed E-state index contributed by atoms with van der Waals surface area (Å²) in [5, 5.41) is 11.9. The molecule has 1 unspecified atom stereocenters. The van der Waals surface area contributed by atoms with E-state index in [9.17, 15) is 14.7 Å². The molecule has 1 amide bonds. The summed E-state index contributed by atoms with van der Waals surface area (Å²) >= 11 is 0. The molecule has 0 aliphatic carbocycles. The van der Waals surface area contributed by atoms with E-state index in [4.69, 9.17) is 0 Å². The lowest BCUT2D eigenvalue weighted by Crippen LogP contribution is -2.40. The number of aromatic nitrogens is 2. The van der Waals surface area contributed by atoms with E-state index in [0.717, 1.165) is 24.0 Å². The van der Waals surface area contributed by atoms with Crippen LogP contribution in [-0.2, 0) is 0 Å². The average molecular weight is 377 g/mol. The third kappa shape index (κ3) is 3.43. The van der Waals surface area contributed by atoms with Gasteiger partial charge in [0, 0.05) is 25.5 Å². The van der Waals surface area contributed by atoms with Gasteiger partial charge in [-0.2, -0.15) is 0 Å². The van der Waals surface area contributed by atoms with Crippen molar-refractivity contribution >= 4 is 16.7 Å². The van der Waals surface area contributed by atoms with Gasteiger partial charge in [-0.05, 0) is 54.3 Å². The third-order valence-electron chi connectivity index (χ3n) is 5.66. The monoisotopic (exact) mass is 377 g/mol. The summed E-state index contributed by atoms with van der Waals surface area (Å²) < 4.78 is 0. The van der Waals surface area contributed by atoms with Crippen molar-refractivity contribution in [3.05, 3.63) is 76.0 Å². The minimum Gasteiger partial charge on any atom is -0.388 e. The highest BCUT2D eigenvalue weighted by atomic mass is 16.3. The predicted molar refractivity (Wildman–Crippen MR) is 107 cm³/mol. The van der Waals surface area contributed by atoms with Gasteiger partial charge in [-0.3, -0.25) is 14.6 Å². The number of H-pyrrole nitrogens is 1. The second-order valence-corrected chi connectivity index (χ2v) is 7.41. The molecule has 2 aromatic heterocycles. The Balaban J connectivity index is 1.47. The summed E-state index contributed by atoms with van der Waals surface area (Å²) in [4.78, 5) is 33.5. The van der Waals surface area contributed by atoms with Crippen LogP contribution < -0.4 is 5.56 Å². The normalized spacial score (nSPS) is 16.3. The average Bonchev–Trinajstić information content (AvgIpc) is 2.73. The van der Waals surface area contributed by atoms with Gasteiger partial charge in [-0.1, -0.05) is 24.3 Å². The van der Waals surface area contributed by atoms with Gasteiger partial charge in [0.2, 0.25) is 0 Å². The number of likely N-dealkylation sites (tertiary alicyclic amines) is 1. The maximum atomic E-state index is 12.9. The van der Waals surface area contributed by atoms with E-state index in [1.807, 2.05) is 31.2 Å². The fourth-order valence-corrected chi connectivity index (χ4v) is 3.98. The summed E-state index contributed by atoms with van der Waals surface area (Å²) in [6.07, 6.45) is 4.04. The lowest BCUT2D eigenvalue weighted by atomic mass is 9.86. The van der Waals surface area contributed by atoms with Crippen LogP contribution in [0.25, 0.3) is 10.8 Å². The Morgan fingerprint density at radius 1 is 1.25 bits per heavy atom. The first-order chi connectivity index (χ1) is 13.5. The molecule has 1 saturated heterocycles. The quantitative estimate of drug-likeness (QED) is 0.735. The van der Waals surface area contributed by atoms with Crippen molar-refractivity contribution in [3.63, 3.8) is 0 Å². The summed E-state index contributed by atoms with van der Waals surface area (Å²) in [5.41, 5.74) is 2.02. The minimum absolute atomic E-state index is 0.117. The number of aromatic amines is 1. The smallest absolute Gasteiger partial charge is 0.270 e. The molecule has 0 radical (unpaired) electrons. The van der Waals surface area contributed by atoms with Gasteiger partial charge < -0.3 is 15.0 Å². The Hall–Kier alpha value is -2.99. The van der Waals surface area contributed by atoms with Crippen molar-refractivity contribution in [2.24, 2.45) is 5.92 Å². The van der Waals surface area contributed by atoms with Gasteiger partial charge in [0.15, 0.2) is 0 Å². The fourth-order valence-electron chi connectivity index (χ4n) is 3.98. The predicted octanol–water partition coefficient (Wildman–Crippen LogP) is 2.82. The van der Waals surface area contributed by atoms with E-state index in [0.29, 0.717) is 29.6 Å². The summed E-state index contributed by atoms with van der Waals surface area (Å²) in [7, 11) is 0. The van der Waals surface area contributed by atoms with Crippen molar-refractivity contribution in [1.29, 1.82) is 0 Å². The molecule has 1 aliphatic heterocycles. The second kappa shape index (κ2) is 7.56. The Morgan fingerprint density at radius 3 is 2.75 bits per heavy atom. The summed E-state index contributed by atoms with van der Waals surface area (Å²) in [5.74, 6) is -0.0634. The van der Waals surface area contributed by atoms with Crippen LogP contribution in [0.15, 0.2) is 53.6 Å². The zero-order valence-electron chi connectivity index (χ0n) is 15.8. The molecule has 1 atom stereocenters. The number of piperidine rings is 1. The fraction of sp³-hybridized carbons (Fsp3) is 0.318. The molecule has 2 N–H and O–H groups in total. The minimum atomic E-state index is -0.522. The van der Waals surface area contributed by atoms with E-state index in [-0.39, 0.29) is 17.4 Å². The lowest BCUT2D eigenvalue weighted by Gasteiger charge is -2.34. The number of rotatable bonds is 3. The van der Waals surface area contributed by atoms with Crippen LogP contribution in [0.5, 0.6) is 0 Å². The number of nitrogens with zero attached hydrogens (tertiary/aromatic N) is 2. The largest absolute Gasteiger partial charge is 0.388 e. The number of hydrogen-bond acceptors (Lipinski definition) is 4. The number of pyridine rings is 2. The first-order valence-electron chi connectivity index (χ1n) is 9.54. The zero-order chi connectivity index (χ0) is 19.7. The van der Waals surface area contributed by atoms with Crippen LogP contribution >= 0.6 is 0 Å². The number of carbonyl (C=O) groups excluding carboxylic acids is 1. The molecule has 0 saturated carbocycles. The Morgan fingerprint density at radius 2 is 2.00 bits per heavy atom. The van der Waals surface area contributed by atoms with Crippen molar-refractivity contribution in [1.82, 2.24) is 14.9 Å². The van der Waals surface area contributed by atoms with Gasteiger partial charge in [0.1, 0.15) is 5.69 Å². The number of nitrogens with one attached hydrogen (secondary N) is 1. The highest BCUT2D eigenvalue weighted by Gasteiger charge is 2.29. The topological polar surface area (TPSA) is 86.3 Å². The van der Waals surface area contributed by atoms with E-state index in [2.05, 4.69) is 9.97 Å². The highest BCUT2D eigenvalue weighted by molar-refractivity contribution is 5.96. The van der Waals surface area contributed by atoms with E-state index >= 15 is 0 Å². The molecular formula is C22H23N3O3. The molecule has 28 heavy (non-hydrogen) atoms. The number of benzene rings is 1. The second-order valence-electron chi connectivity index (χ2n) is 7.41. The van der Waals surface area contributed by atoms with Crippen LogP contribution in [-0.4, -0.2) is 39.0 Å². The molecule has 0 bridgehead atoms. The van der Waals surface area contributed by atoms with Crippen LogP contribution in [0, 0.1) is 12.8 Å². The number of aryl methyl sites for hydroxylation is 1. The first-order valence-corrected chi connectivity index (χ1v) is 9.54. The number of aliphatic hydroxyl groups excluding tert-OH is 1. The maximum Gasteiger partial charge on any atom is 0.270 e. The SMILES string of the molecule is Cc1ccccc1C(O)C1CCN(C(=O)c2cc3ccncc3c(=O)[nH]2)CC1. The molecule has 4 rings (SSSR count). The van der Waals surface area contributed by atoms with Gasteiger partial charge in [-0.15, -0.1) is 0 Å². The molecule has 6 heteroatoms. The molecular weight excluding hydrogens is 354 g/mol. The van der Waals surface area contributed by atoms with Crippen LogP contribution in [0.2, 0.25) is 0 Å². The maximum absolute atomic E-state index is 12.9. The first kappa shape index (κ1) is 18.4. The molecule has 6 nitrogen and oxygen atoms in total. The molecule has 3 heterocycles.